The number of benzene rings is 3. The zero-order valence-electron chi connectivity index (χ0n) is 21.5. The van der Waals surface area contributed by atoms with E-state index in [1.807, 2.05) is 36.4 Å². The number of aryl methyl sites for hydroxylation is 1. The van der Waals surface area contributed by atoms with E-state index in [-0.39, 0.29) is 24.4 Å². The number of aromatic nitrogens is 2. The van der Waals surface area contributed by atoms with Crippen molar-refractivity contribution in [1.29, 1.82) is 0 Å². The fourth-order valence-electron chi connectivity index (χ4n) is 4.65. The van der Waals surface area contributed by atoms with E-state index in [0.717, 1.165) is 24.0 Å². The molecule has 5 rings (SSSR count). The summed E-state index contributed by atoms with van der Waals surface area (Å²) in [5.41, 5.74) is 2.88. The zero-order valence-corrected chi connectivity index (χ0v) is 21.5. The summed E-state index contributed by atoms with van der Waals surface area (Å²) in [4.78, 5) is 15.7. The van der Waals surface area contributed by atoms with E-state index in [4.69, 9.17) is 19.3 Å². The Kier molecular flexibility index (Phi) is 7.70. The third kappa shape index (κ3) is 5.70. The second-order valence-corrected chi connectivity index (χ2v) is 9.23. The van der Waals surface area contributed by atoms with E-state index >= 15 is 0 Å². The van der Waals surface area contributed by atoms with Crippen LogP contribution in [0.25, 0.3) is 11.3 Å². The van der Waals surface area contributed by atoms with Gasteiger partial charge in [-0.2, -0.15) is 5.10 Å². The van der Waals surface area contributed by atoms with Crippen molar-refractivity contribution in [2.75, 3.05) is 20.3 Å². The summed E-state index contributed by atoms with van der Waals surface area (Å²) in [5.74, 6) is 1.07. The first kappa shape index (κ1) is 25.5. The number of hydrogen-bond donors (Lipinski definition) is 0. The lowest BCUT2D eigenvalue weighted by molar-refractivity contribution is 0.0506. The first-order valence-electron chi connectivity index (χ1n) is 12.6. The monoisotopic (exact) mass is 515 g/mol. The Balaban J connectivity index is 1.56. The molecule has 0 saturated carbocycles. The van der Waals surface area contributed by atoms with Crippen LogP contribution < -0.4 is 9.47 Å². The Morgan fingerprint density at radius 3 is 2.58 bits per heavy atom. The Morgan fingerprint density at radius 2 is 1.87 bits per heavy atom. The minimum absolute atomic E-state index is 0.0529. The fraction of sp³-hybridized carbons (Fsp3) is 0.267. The van der Waals surface area contributed by atoms with Crippen molar-refractivity contribution < 1.29 is 23.4 Å². The molecule has 0 radical (unpaired) electrons. The Bertz CT molecular complexity index is 1380. The molecular formula is C30H30FN3O4. The summed E-state index contributed by atoms with van der Waals surface area (Å²) in [6.45, 7) is 1.35. The number of rotatable bonds is 9. The van der Waals surface area contributed by atoms with Crippen LogP contribution in [0, 0.1) is 5.82 Å². The SMILES string of the molecule is COc1cccc(C(=O)N(Cc2c(-c3ccccc3)nn(C)c2Oc2ccc(F)cc2)C[C@@H]2CCCO2)c1. The number of ether oxygens (including phenoxy) is 3. The average Bonchev–Trinajstić information content (AvgIpc) is 3.57. The van der Waals surface area contributed by atoms with E-state index < -0.39 is 0 Å². The fourth-order valence-corrected chi connectivity index (χ4v) is 4.65. The van der Waals surface area contributed by atoms with Crippen LogP contribution in [0.1, 0.15) is 28.8 Å². The normalized spacial score (nSPS) is 14.9. The highest BCUT2D eigenvalue weighted by atomic mass is 19.1. The first-order chi connectivity index (χ1) is 18.5. The molecule has 0 bridgehead atoms. The lowest BCUT2D eigenvalue weighted by Gasteiger charge is -2.26. The molecule has 1 saturated heterocycles. The van der Waals surface area contributed by atoms with Gasteiger partial charge in [-0.05, 0) is 55.3 Å². The maximum atomic E-state index is 13.9. The molecule has 8 heteroatoms. The van der Waals surface area contributed by atoms with Gasteiger partial charge in [-0.3, -0.25) is 4.79 Å². The zero-order chi connectivity index (χ0) is 26.5. The molecule has 1 amide bonds. The topological polar surface area (TPSA) is 65.8 Å². The molecule has 7 nitrogen and oxygen atoms in total. The van der Waals surface area contributed by atoms with Gasteiger partial charge >= 0.3 is 0 Å². The van der Waals surface area contributed by atoms with Gasteiger partial charge in [-0.25, -0.2) is 9.07 Å². The highest BCUT2D eigenvalue weighted by Crippen LogP contribution is 2.35. The number of nitrogens with zero attached hydrogens (tertiary/aromatic N) is 3. The van der Waals surface area contributed by atoms with E-state index in [2.05, 4.69) is 0 Å². The van der Waals surface area contributed by atoms with Crippen molar-refractivity contribution in [1.82, 2.24) is 14.7 Å². The average molecular weight is 516 g/mol. The minimum atomic E-state index is -0.348. The summed E-state index contributed by atoms with van der Waals surface area (Å²) in [6, 6.07) is 22.7. The van der Waals surface area contributed by atoms with Crippen LogP contribution >= 0.6 is 0 Å². The minimum Gasteiger partial charge on any atom is -0.497 e. The summed E-state index contributed by atoms with van der Waals surface area (Å²) < 4.78 is 32.7. The van der Waals surface area contributed by atoms with Gasteiger partial charge in [0.2, 0.25) is 5.88 Å². The lowest BCUT2D eigenvalue weighted by Crippen LogP contribution is -2.37. The Labute approximate surface area is 221 Å². The van der Waals surface area contributed by atoms with Crippen LogP contribution in [0.4, 0.5) is 4.39 Å². The summed E-state index contributed by atoms with van der Waals surface area (Å²) in [6.07, 6.45) is 1.80. The van der Waals surface area contributed by atoms with Crippen molar-refractivity contribution in [3.8, 4) is 28.6 Å². The lowest BCUT2D eigenvalue weighted by atomic mass is 10.1. The van der Waals surface area contributed by atoms with Crippen LogP contribution in [0.3, 0.4) is 0 Å². The van der Waals surface area contributed by atoms with E-state index in [1.54, 1.807) is 54.1 Å². The molecule has 0 unspecified atom stereocenters. The molecule has 3 aromatic carbocycles. The van der Waals surface area contributed by atoms with E-state index in [9.17, 15) is 9.18 Å². The van der Waals surface area contributed by atoms with Gasteiger partial charge in [0.05, 0.1) is 25.3 Å². The highest BCUT2D eigenvalue weighted by molar-refractivity contribution is 5.94. The van der Waals surface area contributed by atoms with E-state index in [0.29, 0.717) is 41.8 Å². The molecule has 0 N–H and O–H groups in total. The molecule has 1 aliphatic heterocycles. The number of halogens is 1. The van der Waals surface area contributed by atoms with Crippen molar-refractivity contribution in [3.05, 3.63) is 95.8 Å². The molecule has 0 aliphatic carbocycles. The molecule has 1 aromatic heterocycles. The number of carbonyl (C=O) groups excluding carboxylic acids is 1. The third-order valence-electron chi connectivity index (χ3n) is 6.56. The van der Waals surface area contributed by atoms with Crippen molar-refractivity contribution in [2.24, 2.45) is 7.05 Å². The van der Waals surface area contributed by atoms with Gasteiger partial charge in [0, 0.05) is 31.3 Å². The first-order valence-corrected chi connectivity index (χ1v) is 12.6. The molecule has 1 fully saturated rings. The largest absolute Gasteiger partial charge is 0.497 e. The Morgan fingerprint density at radius 1 is 1.08 bits per heavy atom. The quantitative estimate of drug-likeness (QED) is 0.280. The number of amides is 1. The van der Waals surface area contributed by atoms with Crippen molar-refractivity contribution in [3.63, 3.8) is 0 Å². The van der Waals surface area contributed by atoms with Gasteiger partial charge < -0.3 is 19.1 Å². The van der Waals surface area contributed by atoms with Crippen LogP contribution in [0.5, 0.6) is 17.4 Å². The predicted octanol–water partition coefficient (Wildman–Crippen LogP) is 5.85. The van der Waals surface area contributed by atoms with Crippen LogP contribution in [-0.4, -0.2) is 47.0 Å². The second-order valence-electron chi connectivity index (χ2n) is 9.23. The molecule has 2 heterocycles. The van der Waals surface area contributed by atoms with Crippen LogP contribution in [0.15, 0.2) is 78.9 Å². The number of methoxy groups -OCH3 is 1. The highest BCUT2D eigenvalue weighted by Gasteiger charge is 2.28. The molecule has 1 aliphatic rings. The van der Waals surface area contributed by atoms with Crippen LogP contribution in [-0.2, 0) is 18.3 Å². The van der Waals surface area contributed by atoms with Crippen LogP contribution in [0.2, 0.25) is 0 Å². The Hall–Kier alpha value is -4.17. The van der Waals surface area contributed by atoms with Gasteiger partial charge in [-0.15, -0.1) is 0 Å². The summed E-state index contributed by atoms with van der Waals surface area (Å²) in [5, 5.41) is 4.77. The standard InChI is InChI=1S/C30H30FN3O4/c1-33-30(38-24-15-13-23(31)14-16-24)27(28(32-33)21-8-4-3-5-9-21)20-34(19-26-12-7-17-37-26)29(35)22-10-6-11-25(18-22)36-2/h3-6,8-11,13-16,18,26H,7,12,17,19-20H2,1-2H3/t26-/m0/s1. The molecule has 1 atom stereocenters. The van der Waals surface area contributed by atoms with Gasteiger partial charge in [0.1, 0.15) is 23.0 Å². The molecule has 38 heavy (non-hydrogen) atoms. The number of carbonyl (C=O) groups is 1. The third-order valence-corrected chi connectivity index (χ3v) is 6.56. The molecule has 196 valence electrons. The molecular weight excluding hydrogens is 485 g/mol. The van der Waals surface area contributed by atoms with Crippen molar-refractivity contribution in [2.45, 2.75) is 25.5 Å². The maximum Gasteiger partial charge on any atom is 0.254 e. The summed E-state index contributed by atoms with van der Waals surface area (Å²) in [7, 11) is 3.37. The van der Waals surface area contributed by atoms with E-state index in [1.165, 1.54) is 12.1 Å². The van der Waals surface area contributed by atoms with Gasteiger partial charge in [0.25, 0.3) is 5.91 Å². The number of hydrogen-bond acceptors (Lipinski definition) is 5. The molecule has 4 aromatic rings. The van der Waals surface area contributed by atoms with Gasteiger partial charge in [-0.1, -0.05) is 36.4 Å². The maximum absolute atomic E-state index is 13.9. The smallest absolute Gasteiger partial charge is 0.254 e. The van der Waals surface area contributed by atoms with Crippen molar-refractivity contribution >= 4 is 5.91 Å². The summed E-state index contributed by atoms with van der Waals surface area (Å²) >= 11 is 0. The molecule has 0 spiro atoms. The van der Waals surface area contributed by atoms with Gasteiger partial charge in [0.15, 0.2) is 0 Å². The second kappa shape index (κ2) is 11.5. The predicted molar refractivity (Wildman–Crippen MR) is 142 cm³/mol.